The summed E-state index contributed by atoms with van der Waals surface area (Å²) in [6.45, 7) is 6.77. The highest BCUT2D eigenvalue weighted by atomic mass is 16.3. The quantitative estimate of drug-likeness (QED) is 0.603. The van der Waals surface area contributed by atoms with Gasteiger partial charge in [-0.2, -0.15) is 5.26 Å². The molecule has 0 radical (unpaired) electrons. The Labute approximate surface area is 74.4 Å². The van der Waals surface area contributed by atoms with Crippen molar-refractivity contribution >= 4 is 0 Å². The molecule has 0 fully saturated rings. The molecule has 0 aromatic heterocycles. The van der Waals surface area contributed by atoms with E-state index in [2.05, 4.69) is 11.4 Å². The van der Waals surface area contributed by atoms with E-state index in [0.29, 0.717) is 13.0 Å². The van der Waals surface area contributed by atoms with E-state index >= 15 is 0 Å². The lowest BCUT2D eigenvalue weighted by molar-refractivity contribution is 0.269. The van der Waals surface area contributed by atoms with Gasteiger partial charge < -0.3 is 5.11 Å². The molecule has 70 valence electrons. The summed E-state index contributed by atoms with van der Waals surface area (Å²) in [7, 11) is 0. The van der Waals surface area contributed by atoms with E-state index in [1.54, 1.807) is 0 Å². The molecule has 1 atom stereocenters. The van der Waals surface area contributed by atoms with Crippen molar-refractivity contribution in [3.8, 4) is 6.07 Å². The summed E-state index contributed by atoms with van der Waals surface area (Å²) >= 11 is 0. The second kappa shape index (κ2) is 5.13. The van der Waals surface area contributed by atoms with Crippen LogP contribution in [0.3, 0.4) is 0 Å². The van der Waals surface area contributed by atoms with Crippen LogP contribution in [0.5, 0.6) is 0 Å². The number of aliphatic hydroxyl groups excluding tert-OH is 1. The van der Waals surface area contributed by atoms with E-state index in [1.807, 2.05) is 20.8 Å². The fraction of sp³-hybridized carbons (Fsp3) is 0.889. The van der Waals surface area contributed by atoms with Crippen molar-refractivity contribution in [3.05, 3.63) is 0 Å². The molecule has 0 bridgehead atoms. The van der Waals surface area contributed by atoms with Gasteiger partial charge in [-0.15, -0.1) is 0 Å². The summed E-state index contributed by atoms with van der Waals surface area (Å²) in [5, 5.41) is 20.6. The Morgan fingerprint density at radius 2 is 2.17 bits per heavy atom. The van der Waals surface area contributed by atoms with Crippen LogP contribution in [0.2, 0.25) is 0 Å². The Kier molecular flexibility index (Phi) is 4.87. The van der Waals surface area contributed by atoms with Gasteiger partial charge in [0, 0.05) is 6.61 Å². The molecule has 0 rings (SSSR count). The lowest BCUT2D eigenvalue weighted by Crippen LogP contribution is -2.46. The molecule has 0 aliphatic carbocycles. The summed E-state index contributed by atoms with van der Waals surface area (Å²) in [4.78, 5) is 0. The van der Waals surface area contributed by atoms with E-state index in [1.165, 1.54) is 0 Å². The second-order valence-electron chi connectivity index (χ2n) is 3.47. The topological polar surface area (TPSA) is 56.0 Å². The third-order valence-corrected chi connectivity index (χ3v) is 2.21. The normalized spacial score (nSPS) is 15.7. The van der Waals surface area contributed by atoms with Crippen molar-refractivity contribution in [1.29, 1.82) is 5.26 Å². The molecule has 2 N–H and O–H groups in total. The minimum absolute atomic E-state index is 0.173. The Balaban J connectivity index is 3.91. The first-order valence-corrected chi connectivity index (χ1v) is 4.34. The molecule has 0 aliphatic rings. The van der Waals surface area contributed by atoms with E-state index in [4.69, 9.17) is 10.4 Å². The van der Waals surface area contributed by atoms with Crippen molar-refractivity contribution in [2.75, 3.05) is 13.2 Å². The molecular formula is C9H18N2O. The molecule has 0 aliphatic heterocycles. The second-order valence-corrected chi connectivity index (χ2v) is 3.47. The highest BCUT2D eigenvalue weighted by Gasteiger charge is 2.26. The molecule has 0 aromatic carbocycles. The maximum Gasteiger partial charge on any atom is 0.106 e. The zero-order valence-corrected chi connectivity index (χ0v) is 8.09. The van der Waals surface area contributed by atoms with Crippen LogP contribution >= 0.6 is 0 Å². The number of nitriles is 1. The van der Waals surface area contributed by atoms with Crippen LogP contribution in [0.4, 0.5) is 0 Å². The van der Waals surface area contributed by atoms with Crippen molar-refractivity contribution in [2.45, 2.75) is 32.7 Å². The molecule has 3 heteroatoms. The molecule has 3 nitrogen and oxygen atoms in total. The molecule has 0 saturated heterocycles. The first-order chi connectivity index (χ1) is 5.56. The number of aliphatic hydroxyl groups is 1. The molecule has 0 amide bonds. The zero-order valence-electron chi connectivity index (χ0n) is 8.09. The summed E-state index contributed by atoms with van der Waals surface area (Å²) < 4.78 is 0. The van der Waals surface area contributed by atoms with Gasteiger partial charge in [-0.25, -0.2) is 0 Å². The van der Waals surface area contributed by atoms with E-state index < -0.39 is 5.54 Å². The summed E-state index contributed by atoms with van der Waals surface area (Å²) in [5.74, 6) is 0.279. The van der Waals surface area contributed by atoms with Crippen LogP contribution in [-0.2, 0) is 0 Å². The molecular weight excluding hydrogens is 152 g/mol. The molecule has 0 aromatic rings. The lowest BCUT2D eigenvalue weighted by Gasteiger charge is -2.27. The number of nitrogens with zero attached hydrogens (tertiary/aromatic N) is 1. The van der Waals surface area contributed by atoms with Crippen molar-refractivity contribution < 1.29 is 5.11 Å². The van der Waals surface area contributed by atoms with Gasteiger partial charge in [0.2, 0.25) is 0 Å². The maximum atomic E-state index is 8.88. The smallest absolute Gasteiger partial charge is 0.106 e. The Morgan fingerprint density at radius 3 is 2.50 bits per heavy atom. The largest absolute Gasteiger partial charge is 0.396 e. The number of hydrogen-bond donors (Lipinski definition) is 2. The standard InChI is InChI=1S/C9H18N2O/c1-8(2)9(3,7-10)11-5-4-6-12/h8,11-12H,4-6H2,1-3H3. The van der Waals surface area contributed by atoms with E-state index in [0.717, 1.165) is 0 Å². The average Bonchev–Trinajstić information content (AvgIpc) is 2.04. The Hall–Kier alpha value is -0.590. The van der Waals surface area contributed by atoms with Crippen LogP contribution in [0.25, 0.3) is 0 Å². The fourth-order valence-electron chi connectivity index (χ4n) is 0.800. The molecule has 0 saturated carbocycles. The van der Waals surface area contributed by atoms with Crippen LogP contribution in [0.1, 0.15) is 27.2 Å². The average molecular weight is 170 g/mol. The molecule has 0 heterocycles. The summed E-state index contributed by atoms with van der Waals surface area (Å²) in [5.41, 5.74) is -0.463. The predicted octanol–water partition coefficient (Wildman–Crippen LogP) is 0.897. The van der Waals surface area contributed by atoms with E-state index in [-0.39, 0.29) is 12.5 Å². The number of hydrogen-bond acceptors (Lipinski definition) is 3. The first-order valence-electron chi connectivity index (χ1n) is 4.34. The van der Waals surface area contributed by atoms with Gasteiger partial charge in [0.1, 0.15) is 5.54 Å². The monoisotopic (exact) mass is 170 g/mol. The molecule has 12 heavy (non-hydrogen) atoms. The first kappa shape index (κ1) is 11.4. The summed E-state index contributed by atoms with van der Waals surface area (Å²) in [6.07, 6.45) is 0.698. The maximum absolute atomic E-state index is 8.88. The molecule has 0 spiro atoms. The van der Waals surface area contributed by atoms with Gasteiger partial charge in [0.25, 0.3) is 0 Å². The minimum atomic E-state index is -0.463. The van der Waals surface area contributed by atoms with Crippen LogP contribution < -0.4 is 5.32 Å². The molecule has 1 unspecified atom stereocenters. The van der Waals surface area contributed by atoms with Crippen LogP contribution in [0, 0.1) is 17.2 Å². The highest BCUT2D eigenvalue weighted by molar-refractivity contribution is 5.05. The number of rotatable bonds is 5. The van der Waals surface area contributed by atoms with Gasteiger partial charge in [-0.1, -0.05) is 13.8 Å². The summed E-state index contributed by atoms with van der Waals surface area (Å²) in [6, 6.07) is 2.24. The van der Waals surface area contributed by atoms with Crippen molar-refractivity contribution in [1.82, 2.24) is 5.32 Å². The van der Waals surface area contributed by atoms with Crippen molar-refractivity contribution in [3.63, 3.8) is 0 Å². The third kappa shape index (κ3) is 3.21. The van der Waals surface area contributed by atoms with Crippen molar-refractivity contribution in [2.24, 2.45) is 5.92 Å². The van der Waals surface area contributed by atoms with Gasteiger partial charge in [0.15, 0.2) is 0 Å². The fourth-order valence-corrected chi connectivity index (χ4v) is 0.800. The predicted molar refractivity (Wildman–Crippen MR) is 48.6 cm³/mol. The van der Waals surface area contributed by atoms with Gasteiger partial charge in [-0.3, -0.25) is 5.32 Å². The van der Waals surface area contributed by atoms with Crippen LogP contribution in [-0.4, -0.2) is 23.8 Å². The van der Waals surface area contributed by atoms with Gasteiger partial charge in [-0.05, 0) is 25.8 Å². The SMILES string of the molecule is CC(C)C(C)(C#N)NCCCO. The minimum Gasteiger partial charge on any atom is -0.396 e. The number of nitrogens with one attached hydrogen (secondary N) is 1. The zero-order chi connectivity index (χ0) is 9.61. The van der Waals surface area contributed by atoms with Gasteiger partial charge >= 0.3 is 0 Å². The Morgan fingerprint density at radius 1 is 1.58 bits per heavy atom. The van der Waals surface area contributed by atoms with Crippen LogP contribution in [0.15, 0.2) is 0 Å². The van der Waals surface area contributed by atoms with Gasteiger partial charge in [0.05, 0.1) is 6.07 Å². The highest BCUT2D eigenvalue weighted by Crippen LogP contribution is 2.14. The van der Waals surface area contributed by atoms with E-state index in [9.17, 15) is 0 Å². The third-order valence-electron chi connectivity index (χ3n) is 2.21. The Bertz CT molecular complexity index is 162. The lowest BCUT2D eigenvalue weighted by atomic mass is 9.90.